The molecule has 0 fully saturated rings. The second kappa shape index (κ2) is 8.68. The van der Waals surface area contributed by atoms with Crippen molar-refractivity contribution in [1.29, 1.82) is 0 Å². The number of nitrogens with zero attached hydrogens (tertiary/aromatic N) is 2. The summed E-state index contributed by atoms with van der Waals surface area (Å²) in [6, 6.07) is 13.5. The van der Waals surface area contributed by atoms with E-state index in [4.69, 9.17) is 4.74 Å². The number of rotatable bonds is 6. The van der Waals surface area contributed by atoms with Crippen LogP contribution in [0.4, 0.5) is 4.39 Å². The van der Waals surface area contributed by atoms with Gasteiger partial charge >= 0.3 is 5.97 Å². The highest BCUT2D eigenvalue weighted by Crippen LogP contribution is 2.26. The van der Waals surface area contributed by atoms with Crippen LogP contribution in [0.15, 0.2) is 54.6 Å². The Kier molecular flexibility index (Phi) is 6.07. The molecule has 3 aromatic rings. The highest BCUT2D eigenvalue weighted by atomic mass is 19.1. The first-order valence-electron chi connectivity index (χ1n) is 9.27. The lowest BCUT2D eigenvalue weighted by Gasteiger charge is -2.18. The van der Waals surface area contributed by atoms with Crippen LogP contribution in [0.5, 0.6) is 0 Å². The number of ether oxygens (including phenoxy) is 1. The van der Waals surface area contributed by atoms with E-state index in [0.29, 0.717) is 28.2 Å². The largest absolute Gasteiger partial charge is 0.464 e. The summed E-state index contributed by atoms with van der Waals surface area (Å²) in [4.78, 5) is 25.4. The Morgan fingerprint density at radius 1 is 1.10 bits per heavy atom. The zero-order valence-electron chi connectivity index (χ0n) is 16.5. The van der Waals surface area contributed by atoms with E-state index < -0.39 is 17.9 Å². The summed E-state index contributed by atoms with van der Waals surface area (Å²) in [5, 5.41) is 7.25. The van der Waals surface area contributed by atoms with E-state index in [0.717, 1.165) is 0 Å². The summed E-state index contributed by atoms with van der Waals surface area (Å²) < 4.78 is 20.1. The summed E-state index contributed by atoms with van der Waals surface area (Å²) in [6.45, 7) is 5.43. The lowest BCUT2D eigenvalue weighted by Crippen LogP contribution is -2.35. The minimum Gasteiger partial charge on any atom is -0.464 e. The van der Waals surface area contributed by atoms with Crippen molar-refractivity contribution < 1.29 is 18.7 Å². The van der Waals surface area contributed by atoms with Crippen LogP contribution in [0, 0.1) is 19.7 Å². The minimum absolute atomic E-state index is 0.181. The Morgan fingerprint density at radius 3 is 2.38 bits per heavy atom. The maximum absolute atomic E-state index is 13.3. The van der Waals surface area contributed by atoms with E-state index in [9.17, 15) is 14.0 Å². The van der Waals surface area contributed by atoms with Gasteiger partial charge in [-0.05, 0) is 57.2 Å². The van der Waals surface area contributed by atoms with E-state index in [-0.39, 0.29) is 12.4 Å². The molecule has 0 saturated heterocycles. The third kappa shape index (κ3) is 4.34. The van der Waals surface area contributed by atoms with Crippen molar-refractivity contribution in [3.63, 3.8) is 0 Å². The van der Waals surface area contributed by atoms with Crippen molar-refractivity contribution >= 4 is 11.9 Å². The number of aromatic nitrogens is 2. The Balaban J connectivity index is 2.00. The summed E-state index contributed by atoms with van der Waals surface area (Å²) in [6.07, 6.45) is 0. The molecule has 0 aliphatic rings. The van der Waals surface area contributed by atoms with Crippen molar-refractivity contribution in [1.82, 2.24) is 15.1 Å². The standard InChI is InChI=1S/C22H22FN3O3/c1-4-29-22(28)20(24-21(27)16-8-6-5-7-9-16)19-14(2)25-26(15(19)3)18-12-10-17(23)11-13-18/h5-13,20H,4H2,1-3H3,(H,24,27)/t20-/m1/s1. The number of hydrogen-bond acceptors (Lipinski definition) is 4. The van der Waals surface area contributed by atoms with Crippen LogP contribution in [0.1, 0.15) is 40.3 Å². The summed E-state index contributed by atoms with van der Waals surface area (Å²) >= 11 is 0. The van der Waals surface area contributed by atoms with E-state index >= 15 is 0 Å². The number of carbonyl (C=O) groups excluding carboxylic acids is 2. The predicted octanol–water partition coefficient (Wildman–Crippen LogP) is 3.66. The van der Waals surface area contributed by atoms with Gasteiger partial charge in [-0.25, -0.2) is 13.9 Å². The van der Waals surface area contributed by atoms with Gasteiger partial charge in [-0.1, -0.05) is 18.2 Å². The summed E-state index contributed by atoms with van der Waals surface area (Å²) in [5.74, 6) is -1.31. The molecule has 0 bridgehead atoms. The first-order valence-corrected chi connectivity index (χ1v) is 9.27. The Morgan fingerprint density at radius 2 is 1.76 bits per heavy atom. The van der Waals surface area contributed by atoms with Crippen molar-refractivity contribution in [2.45, 2.75) is 26.8 Å². The predicted molar refractivity (Wildman–Crippen MR) is 106 cm³/mol. The quantitative estimate of drug-likeness (QED) is 0.647. The first-order chi connectivity index (χ1) is 13.9. The number of esters is 1. The second-order valence-electron chi connectivity index (χ2n) is 6.50. The Labute approximate surface area is 168 Å². The summed E-state index contributed by atoms with van der Waals surface area (Å²) in [7, 11) is 0. The molecular weight excluding hydrogens is 373 g/mol. The SMILES string of the molecule is CCOC(=O)[C@H](NC(=O)c1ccccc1)c1c(C)nn(-c2ccc(F)cc2)c1C. The van der Waals surface area contributed by atoms with Gasteiger partial charge in [0.2, 0.25) is 0 Å². The minimum atomic E-state index is -1.02. The van der Waals surface area contributed by atoms with Gasteiger partial charge in [0.05, 0.1) is 18.0 Å². The van der Waals surface area contributed by atoms with Crippen LogP contribution in [-0.4, -0.2) is 28.3 Å². The van der Waals surface area contributed by atoms with Crippen LogP contribution in [-0.2, 0) is 9.53 Å². The number of halogens is 1. The second-order valence-corrected chi connectivity index (χ2v) is 6.50. The maximum atomic E-state index is 13.3. The summed E-state index contributed by atoms with van der Waals surface area (Å²) in [5.41, 5.74) is 2.86. The van der Waals surface area contributed by atoms with Crippen LogP contribution in [0.3, 0.4) is 0 Å². The molecule has 1 aromatic heterocycles. The third-order valence-corrected chi connectivity index (χ3v) is 4.54. The molecule has 2 aromatic carbocycles. The highest BCUT2D eigenvalue weighted by Gasteiger charge is 2.30. The van der Waals surface area contributed by atoms with Gasteiger partial charge in [0.25, 0.3) is 5.91 Å². The smallest absolute Gasteiger partial charge is 0.333 e. The van der Waals surface area contributed by atoms with Crippen molar-refractivity contribution in [2.24, 2.45) is 0 Å². The average molecular weight is 395 g/mol. The number of amides is 1. The molecule has 0 unspecified atom stereocenters. The number of aryl methyl sites for hydroxylation is 1. The van der Waals surface area contributed by atoms with Crippen LogP contribution in [0.2, 0.25) is 0 Å². The molecule has 150 valence electrons. The zero-order chi connectivity index (χ0) is 21.0. The Bertz CT molecular complexity index is 1010. The zero-order valence-corrected chi connectivity index (χ0v) is 16.5. The van der Waals surface area contributed by atoms with Gasteiger partial charge in [-0.15, -0.1) is 0 Å². The normalized spacial score (nSPS) is 11.7. The van der Waals surface area contributed by atoms with E-state index in [2.05, 4.69) is 10.4 Å². The van der Waals surface area contributed by atoms with E-state index in [1.807, 2.05) is 0 Å². The third-order valence-electron chi connectivity index (χ3n) is 4.54. The van der Waals surface area contributed by atoms with Gasteiger partial charge in [-0.2, -0.15) is 5.10 Å². The molecule has 0 aliphatic heterocycles. The molecule has 7 heteroatoms. The van der Waals surface area contributed by atoms with Crippen LogP contribution < -0.4 is 5.32 Å². The molecule has 0 spiro atoms. The molecule has 1 heterocycles. The van der Waals surface area contributed by atoms with E-state index in [1.54, 1.807) is 67.9 Å². The number of nitrogens with one attached hydrogen (secondary N) is 1. The molecule has 1 amide bonds. The Hall–Kier alpha value is -3.48. The molecule has 1 atom stereocenters. The highest BCUT2D eigenvalue weighted by molar-refractivity contribution is 5.97. The van der Waals surface area contributed by atoms with Gasteiger partial charge < -0.3 is 10.1 Å². The topological polar surface area (TPSA) is 73.2 Å². The molecule has 29 heavy (non-hydrogen) atoms. The van der Waals surface area contributed by atoms with Gasteiger partial charge in [0, 0.05) is 16.8 Å². The first kappa shape index (κ1) is 20.3. The van der Waals surface area contributed by atoms with Gasteiger partial charge in [0.15, 0.2) is 6.04 Å². The molecule has 3 rings (SSSR count). The van der Waals surface area contributed by atoms with Gasteiger partial charge in [0.1, 0.15) is 5.82 Å². The monoisotopic (exact) mass is 395 g/mol. The van der Waals surface area contributed by atoms with E-state index in [1.165, 1.54) is 12.1 Å². The van der Waals surface area contributed by atoms with Crippen LogP contribution in [0.25, 0.3) is 5.69 Å². The van der Waals surface area contributed by atoms with Crippen molar-refractivity contribution in [3.8, 4) is 5.69 Å². The molecular formula is C22H22FN3O3. The number of carbonyl (C=O) groups is 2. The molecule has 6 nitrogen and oxygen atoms in total. The fourth-order valence-electron chi connectivity index (χ4n) is 3.18. The molecule has 1 N–H and O–H groups in total. The fourth-order valence-corrected chi connectivity index (χ4v) is 3.18. The fraction of sp³-hybridized carbons (Fsp3) is 0.227. The lowest BCUT2D eigenvalue weighted by molar-refractivity contribution is -0.145. The molecule has 0 saturated carbocycles. The van der Waals surface area contributed by atoms with Crippen molar-refractivity contribution in [3.05, 3.63) is 82.9 Å². The maximum Gasteiger partial charge on any atom is 0.333 e. The van der Waals surface area contributed by atoms with Crippen molar-refractivity contribution in [2.75, 3.05) is 6.61 Å². The average Bonchev–Trinajstić information content (AvgIpc) is 3.01. The number of hydrogen-bond donors (Lipinski definition) is 1. The molecule has 0 radical (unpaired) electrons. The molecule has 0 aliphatic carbocycles. The number of benzene rings is 2. The van der Waals surface area contributed by atoms with Crippen LogP contribution >= 0.6 is 0 Å². The van der Waals surface area contributed by atoms with Gasteiger partial charge in [-0.3, -0.25) is 4.79 Å². The lowest BCUT2D eigenvalue weighted by atomic mass is 10.0.